The van der Waals surface area contributed by atoms with Crippen molar-refractivity contribution in [2.45, 2.75) is 38.0 Å². The van der Waals surface area contributed by atoms with Crippen LogP contribution in [0, 0.1) is 5.92 Å². The summed E-state index contributed by atoms with van der Waals surface area (Å²) in [5.41, 5.74) is 5.72. The van der Waals surface area contributed by atoms with Crippen LogP contribution in [0.15, 0.2) is 78.9 Å². The van der Waals surface area contributed by atoms with Crippen molar-refractivity contribution in [3.05, 3.63) is 90.0 Å². The van der Waals surface area contributed by atoms with E-state index in [1.54, 1.807) is 11.0 Å². The molecule has 194 valence electrons. The maximum absolute atomic E-state index is 13.9. The highest BCUT2D eigenvalue weighted by atomic mass is 16.5. The van der Waals surface area contributed by atoms with E-state index in [2.05, 4.69) is 41.3 Å². The van der Waals surface area contributed by atoms with Gasteiger partial charge in [0.25, 0.3) is 0 Å². The highest BCUT2D eigenvalue weighted by Gasteiger charge is 2.30. The minimum atomic E-state index is -0.644. The Balaban J connectivity index is 1.63. The van der Waals surface area contributed by atoms with Gasteiger partial charge in [-0.2, -0.15) is 0 Å². The lowest BCUT2D eigenvalue weighted by molar-refractivity contribution is -0.134. The second-order valence-corrected chi connectivity index (χ2v) is 10.0. The Morgan fingerprint density at radius 2 is 1.53 bits per heavy atom. The summed E-state index contributed by atoms with van der Waals surface area (Å²) >= 11 is 0. The van der Waals surface area contributed by atoms with Gasteiger partial charge in [-0.3, -0.25) is 4.79 Å². The molecule has 38 heavy (non-hydrogen) atoms. The predicted octanol–water partition coefficient (Wildman–Crippen LogP) is 6.39. The summed E-state index contributed by atoms with van der Waals surface area (Å²) in [6.07, 6.45) is 8.10. The van der Waals surface area contributed by atoms with Gasteiger partial charge in [-0.25, -0.2) is 4.79 Å². The maximum atomic E-state index is 13.9. The van der Waals surface area contributed by atoms with E-state index in [1.807, 2.05) is 50.5 Å². The fraction of sp³-hybridized carbons (Fsp3) is 0.312. The zero-order valence-corrected chi connectivity index (χ0v) is 22.5. The molecule has 0 N–H and O–H groups in total. The number of rotatable bonds is 8. The highest BCUT2D eigenvalue weighted by molar-refractivity contribution is 6.18. The average Bonchev–Trinajstić information content (AvgIpc) is 2.96. The number of benzene rings is 3. The Labute approximate surface area is 227 Å². The summed E-state index contributed by atoms with van der Waals surface area (Å²) in [6.45, 7) is 0. The van der Waals surface area contributed by atoms with Crippen molar-refractivity contribution in [3.8, 4) is 11.1 Å². The lowest BCUT2D eigenvalue weighted by Crippen LogP contribution is -2.40. The van der Waals surface area contributed by atoms with Crippen LogP contribution in [0.4, 0.5) is 11.4 Å². The van der Waals surface area contributed by atoms with Gasteiger partial charge < -0.3 is 14.5 Å². The lowest BCUT2D eigenvalue weighted by Gasteiger charge is -2.35. The van der Waals surface area contributed by atoms with E-state index in [9.17, 15) is 9.59 Å². The normalized spacial score (nSPS) is 14.7. The number of ether oxygens (including phenoxy) is 1. The molecule has 3 aromatic carbocycles. The standard InChI is InChI=1S/C32H35BN2O3/c1-34(2)28-19-17-25(18-20-28)24-13-15-26(16-14-24)31(33)35(32(37)27-9-5-4-6-10-27)29-11-7-8-23(22-29)12-21-30(36)38-3/h7-8,11-22,27,31H,4-6,9-10H2,1-3H3/b21-12+. The summed E-state index contributed by atoms with van der Waals surface area (Å²) < 4.78 is 4.71. The quantitative estimate of drug-likeness (QED) is 0.202. The Kier molecular flexibility index (Phi) is 9.06. The minimum absolute atomic E-state index is 0.0430. The number of hydrogen-bond acceptors (Lipinski definition) is 4. The zero-order chi connectivity index (χ0) is 27.1. The number of amides is 1. The van der Waals surface area contributed by atoms with Gasteiger partial charge in [0, 0.05) is 43.4 Å². The van der Waals surface area contributed by atoms with Crippen molar-refractivity contribution in [3.63, 3.8) is 0 Å². The Morgan fingerprint density at radius 1 is 0.895 bits per heavy atom. The van der Waals surface area contributed by atoms with Crippen LogP contribution in [0.5, 0.6) is 0 Å². The van der Waals surface area contributed by atoms with Gasteiger partial charge in [-0.05, 0) is 65.4 Å². The monoisotopic (exact) mass is 506 g/mol. The number of carbonyl (C=O) groups is 2. The van der Waals surface area contributed by atoms with E-state index >= 15 is 0 Å². The third kappa shape index (κ3) is 6.55. The highest BCUT2D eigenvalue weighted by Crippen LogP contribution is 2.33. The van der Waals surface area contributed by atoms with Crippen molar-refractivity contribution in [1.82, 2.24) is 0 Å². The Hall–Kier alpha value is -3.80. The van der Waals surface area contributed by atoms with Crippen LogP contribution in [-0.4, -0.2) is 40.9 Å². The van der Waals surface area contributed by atoms with Gasteiger partial charge in [0.05, 0.1) is 7.11 Å². The first kappa shape index (κ1) is 27.2. The summed E-state index contributed by atoms with van der Waals surface area (Å²) in [7, 11) is 12.2. The fourth-order valence-electron chi connectivity index (χ4n) is 4.96. The summed E-state index contributed by atoms with van der Waals surface area (Å²) in [4.78, 5) is 29.3. The molecule has 3 aromatic rings. The number of hydrogen-bond donors (Lipinski definition) is 0. The van der Waals surface area contributed by atoms with Crippen molar-refractivity contribution < 1.29 is 14.3 Å². The molecule has 4 rings (SSSR count). The van der Waals surface area contributed by atoms with Gasteiger partial charge in [-0.1, -0.05) is 67.8 Å². The second-order valence-electron chi connectivity index (χ2n) is 10.0. The van der Waals surface area contributed by atoms with Gasteiger partial charge in [-0.15, -0.1) is 0 Å². The van der Waals surface area contributed by atoms with E-state index in [0.29, 0.717) is 5.69 Å². The van der Waals surface area contributed by atoms with Crippen molar-refractivity contribution in [2.75, 3.05) is 31.0 Å². The lowest BCUT2D eigenvalue weighted by atomic mass is 9.82. The molecular formula is C32H35BN2O3. The van der Waals surface area contributed by atoms with E-state index in [-0.39, 0.29) is 11.8 Å². The molecule has 5 nitrogen and oxygen atoms in total. The smallest absolute Gasteiger partial charge is 0.330 e. The first-order chi connectivity index (χ1) is 18.4. The average molecular weight is 506 g/mol. The number of esters is 1. The molecule has 1 aliphatic carbocycles. The fourth-order valence-corrected chi connectivity index (χ4v) is 4.96. The molecule has 6 heteroatoms. The summed E-state index contributed by atoms with van der Waals surface area (Å²) in [6, 6.07) is 24.1. The molecular weight excluding hydrogens is 471 g/mol. The molecule has 0 bridgehead atoms. The zero-order valence-electron chi connectivity index (χ0n) is 22.5. The molecule has 0 saturated heterocycles. The number of nitrogens with zero attached hydrogens (tertiary/aromatic N) is 2. The van der Waals surface area contributed by atoms with Crippen molar-refractivity contribution in [1.29, 1.82) is 0 Å². The van der Waals surface area contributed by atoms with Crippen LogP contribution < -0.4 is 9.80 Å². The third-order valence-corrected chi connectivity index (χ3v) is 7.20. The summed E-state index contributed by atoms with van der Waals surface area (Å²) in [5.74, 6) is -1.07. The predicted molar refractivity (Wildman–Crippen MR) is 156 cm³/mol. The van der Waals surface area contributed by atoms with Crippen LogP contribution >= 0.6 is 0 Å². The molecule has 1 fully saturated rings. The van der Waals surface area contributed by atoms with Gasteiger partial charge >= 0.3 is 5.97 Å². The van der Waals surface area contributed by atoms with E-state index in [4.69, 9.17) is 12.6 Å². The first-order valence-corrected chi connectivity index (χ1v) is 13.2. The van der Waals surface area contributed by atoms with Gasteiger partial charge in [0.1, 0.15) is 7.85 Å². The molecule has 1 unspecified atom stereocenters. The summed E-state index contributed by atoms with van der Waals surface area (Å²) in [5, 5.41) is 0. The molecule has 1 saturated carbocycles. The van der Waals surface area contributed by atoms with Crippen molar-refractivity contribution >= 4 is 37.2 Å². The third-order valence-electron chi connectivity index (χ3n) is 7.20. The SMILES string of the molecule is [B]C(c1ccc(-c2ccc(N(C)C)cc2)cc1)N(C(=O)C1CCCCC1)c1cccc(/C=C/C(=O)OC)c1. The second kappa shape index (κ2) is 12.6. The van der Waals surface area contributed by atoms with Gasteiger partial charge in [0.15, 0.2) is 0 Å². The van der Waals surface area contributed by atoms with Crippen LogP contribution in [0.1, 0.15) is 49.2 Å². The maximum Gasteiger partial charge on any atom is 0.330 e. The molecule has 2 radical (unpaired) electrons. The number of carbonyl (C=O) groups excluding carboxylic acids is 2. The molecule has 1 atom stereocenters. The molecule has 1 amide bonds. The molecule has 0 aromatic heterocycles. The molecule has 0 aliphatic heterocycles. The van der Waals surface area contributed by atoms with E-state index < -0.39 is 11.9 Å². The van der Waals surface area contributed by atoms with Crippen LogP contribution in [0.3, 0.4) is 0 Å². The molecule has 1 aliphatic rings. The first-order valence-electron chi connectivity index (χ1n) is 13.2. The van der Waals surface area contributed by atoms with Crippen molar-refractivity contribution in [2.24, 2.45) is 5.92 Å². The topological polar surface area (TPSA) is 49.9 Å². The minimum Gasteiger partial charge on any atom is -0.466 e. The van der Waals surface area contributed by atoms with Crippen LogP contribution in [0.2, 0.25) is 0 Å². The molecule has 0 heterocycles. The van der Waals surface area contributed by atoms with E-state index in [0.717, 1.165) is 53.6 Å². The number of anilines is 2. The largest absolute Gasteiger partial charge is 0.466 e. The van der Waals surface area contributed by atoms with E-state index in [1.165, 1.54) is 19.6 Å². The molecule has 0 spiro atoms. The van der Waals surface area contributed by atoms with Crippen LogP contribution in [-0.2, 0) is 14.3 Å². The van der Waals surface area contributed by atoms with Crippen LogP contribution in [0.25, 0.3) is 17.2 Å². The Morgan fingerprint density at radius 3 is 2.13 bits per heavy atom. The Bertz CT molecular complexity index is 1260. The number of methoxy groups -OCH3 is 1. The van der Waals surface area contributed by atoms with Gasteiger partial charge in [0.2, 0.25) is 5.91 Å².